The lowest BCUT2D eigenvalue weighted by atomic mass is 10.1. The zero-order valence-electron chi connectivity index (χ0n) is 27.3. The third-order valence-electron chi connectivity index (χ3n) is 7.06. The number of hydrogen-bond acceptors (Lipinski definition) is 8. The second kappa shape index (κ2) is 19.2. The lowest BCUT2D eigenvalue weighted by Crippen LogP contribution is -2.00. The highest BCUT2D eigenvalue weighted by Gasteiger charge is 2.06. The third kappa shape index (κ3) is 11.7. The van der Waals surface area contributed by atoms with E-state index in [9.17, 15) is 19.2 Å². The Morgan fingerprint density at radius 3 is 1.12 bits per heavy atom. The molecule has 6 aromatic carbocycles. The van der Waals surface area contributed by atoms with Crippen molar-refractivity contribution in [2.75, 3.05) is 0 Å². The maximum atomic E-state index is 11.3. The molecule has 6 rings (SSSR count). The highest BCUT2D eigenvalue weighted by molar-refractivity contribution is 6.33. The summed E-state index contributed by atoms with van der Waals surface area (Å²) in [5.74, 6) is 3.17. The monoisotopic (exact) mass is 682 g/mol. The summed E-state index contributed by atoms with van der Waals surface area (Å²) in [6.07, 6.45) is 0.599. The minimum atomic E-state index is -0.544. The molecule has 0 aromatic heterocycles. The molecule has 9 heteroatoms. The fourth-order valence-electron chi connectivity index (χ4n) is 4.55. The van der Waals surface area contributed by atoms with E-state index in [1.54, 1.807) is 48.5 Å². The average molecular weight is 683 g/mol. The van der Waals surface area contributed by atoms with Crippen molar-refractivity contribution in [2.24, 2.45) is 0 Å². The van der Waals surface area contributed by atoms with Crippen molar-refractivity contribution in [1.82, 2.24) is 0 Å². The molecule has 51 heavy (non-hydrogen) atoms. The predicted molar refractivity (Wildman–Crippen MR) is 192 cm³/mol. The van der Waals surface area contributed by atoms with E-state index in [0.29, 0.717) is 48.4 Å². The number of carbonyl (C=O) groups excluding carboxylic acids is 4. The Kier molecular flexibility index (Phi) is 13.9. The zero-order valence-corrected chi connectivity index (χ0v) is 27.3. The van der Waals surface area contributed by atoms with Crippen LogP contribution < -0.4 is 18.9 Å². The quantitative estimate of drug-likeness (QED) is 0.0639. The number of carbonyl (C=O) groups is 4. The van der Waals surface area contributed by atoms with E-state index in [1.807, 2.05) is 109 Å². The van der Waals surface area contributed by atoms with Crippen LogP contribution in [0.5, 0.6) is 34.5 Å². The molecule has 0 heterocycles. The van der Waals surface area contributed by atoms with E-state index >= 15 is 0 Å². The van der Waals surface area contributed by atoms with E-state index in [1.165, 1.54) is 0 Å². The Balaban J connectivity index is 0.000000224. The summed E-state index contributed by atoms with van der Waals surface area (Å²) in [6, 6.07) is 47.4. The van der Waals surface area contributed by atoms with Gasteiger partial charge in [0.25, 0.3) is 0 Å². The van der Waals surface area contributed by atoms with Crippen molar-refractivity contribution in [3.63, 3.8) is 0 Å². The van der Waals surface area contributed by atoms with Crippen molar-refractivity contribution < 1.29 is 43.6 Å². The van der Waals surface area contributed by atoms with E-state index in [0.717, 1.165) is 34.1 Å². The number of aldehydes is 2. The molecule has 0 saturated carbocycles. The Bertz CT molecular complexity index is 1860. The van der Waals surface area contributed by atoms with Crippen LogP contribution in [0.15, 0.2) is 158 Å². The first kappa shape index (κ1) is 37.0. The number of rotatable bonds is 14. The van der Waals surface area contributed by atoms with Crippen molar-refractivity contribution in [3.05, 3.63) is 180 Å². The topological polar surface area (TPSA) is 137 Å². The third-order valence-corrected chi connectivity index (χ3v) is 7.06. The van der Waals surface area contributed by atoms with Crippen molar-refractivity contribution in [1.29, 1.82) is 0 Å². The van der Waals surface area contributed by atoms with Crippen LogP contribution in [-0.4, -0.2) is 29.6 Å². The van der Waals surface area contributed by atoms with Gasteiger partial charge in [-0.3, -0.25) is 19.2 Å². The predicted octanol–water partition coefficient (Wildman–Crippen LogP) is 8.05. The largest absolute Gasteiger partial charge is 0.489 e. The summed E-state index contributed by atoms with van der Waals surface area (Å²) in [6.45, 7) is 0.736. The molecule has 0 aliphatic rings. The summed E-state index contributed by atoms with van der Waals surface area (Å²) in [4.78, 5) is 43.5. The molecule has 0 radical (unpaired) electrons. The van der Waals surface area contributed by atoms with Crippen LogP contribution in [0.2, 0.25) is 0 Å². The van der Waals surface area contributed by atoms with Crippen molar-refractivity contribution >= 4 is 24.1 Å². The van der Waals surface area contributed by atoms with Gasteiger partial charge in [0.2, 0.25) is 11.6 Å². The maximum absolute atomic E-state index is 11.3. The molecule has 0 saturated heterocycles. The Hall–Kier alpha value is -6.84. The van der Waals surface area contributed by atoms with Gasteiger partial charge in [0, 0.05) is 11.1 Å². The van der Waals surface area contributed by atoms with Crippen LogP contribution in [-0.2, 0) is 22.8 Å². The summed E-state index contributed by atoms with van der Waals surface area (Å²) >= 11 is 0. The van der Waals surface area contributed by atoms with E-state index in [2.05, 4.69) is 0 Å². The van der Waals surface area contributed by atoms with E-state index < -0.39 is 11.6 Å². The first-order chi connectivity index (χ1) is 24.5. The van der Waals surface area contributed by atoms with Crippen LogP contribution in [0.3, 0.4) is 0 Å². The molecular formula is C42H34O9. The van der Waals surface area contributed by atoms with E-state index in [4.69, 9.17) is 18.9 Å². The number of ketones is 2. The first-order valence-corrected chi connectivity index (χ1v) is 15.6. The van der Waals surface area contributed by atoms with Gasteiger partial charge in [-0.15, -0.1) is 0 Å². The van der Waals surface area contributed by atoms with Gasteiger partial charge in [-0.25, -0.2) is 0 Å². The summed E-state index contributed by atoms with van der Waals surface area (Å²) in [5.41, 5.74) is 2.61. The normalized spacial score (nSPS) is 9.88. The minimum Gasteiger partial charge on any atom is -0.489 e. The van der Waals surface area contributed by atoms with Crippen molar-refractivity contribution in [3.8, 4) is 34.5 Å². The Morgan fingerprint density at radius 2 is 0.765 bits per heavy atom. The lowest BCUT2D eigenvalue weighted by Gasteiger charge is -2.09. The SMILES string of the molecule is O.O=CC(=O)c1ccc(OCc2cccc(Oc3ccccc3)c2)cc1.O=CC(=O)c1ccc(OCc2cccc(Oc3ccccc3)c2)cc1. The number of benzene rings is 6. The van der Waals surface area contributed by atoms with Crippen LogP contribution in [0.25, 0.3) is 0 Å². The molecule has 2 N–H and O–H groups in total. The molecule has 0 spiro atoms. The van der Waals surface area contributed by atoms with E-state index in [-0.39, 0.29) is 5.48 Å². The van der Waals surface area contributed by atoms with Gasteiger partial charge in [0.05, 0.1) is 0 Å². The standard InChI is InChI=1S/2C21H16O4.H2O/c2*22-14-21(23)17-9-11-18(12-10-17)24-15-16-5-4-8-20(13-16)25-19-6-2-1-3-7-19;/h2*1-14H,15H2;1H2. The average Bonchev–Trinajstić information content (AvgIpc) is 3.17. The second-order valence-corrected chi connectivity index (χ2v) is 10.7. The van der Waals surface area contributed by atoms with Crippen LogP contribution in [0.4, 0.5) is 0 Å². The fourth-order valence-corrected chi connectivity index (χ4v) is 4.55. The maximum Gasteiger partial charge on any atom is 0.225 e. The molecule has 0 fully saturated rings. The molecule has 0 bridgehead atoms. The minimum absolute atomic E-state index is 0. The van der Waals surface area contributed by atoms with Gasteiger partial charge in [0.15, 0.2) is 12.6 Å². The number of Topliss-reactive ketones (excluding diaryl/α,β-unsaturated/α-hetero) is 2. The van der Waals surface area contributed by atoms with Gasteiger partial charge in [-0.2, -0.15) is 0 Å². The second-order valence-electron chi connectivity index (χ2n) is 10.7. The number of para-hydroxylation sites is 2. The summed E-state index contributed by atoms with van der Waals surface area (Å²) < 4.78 is 23.0. The van der Waals surface area contributed by atoms with Crippen LogP contribution in [0, 0.1) is 0 Å². The van der Waals surface area contributed by atoms with Gasteiger partial charge in [-0.05, 0) is 108 Å². The molecule has 0 aliphatic carbocycles. The molecule has 0 amide bonds. The molecule has 9 nitrogen and oxygen atoms in total. The van der Waals surface area contributed by atoms with Gasteiger partial charge < -0.3 is 24.4 Å². The highest BCUT2D eigenvalue weighted by atomic mass is 16.5. The number of hydrogen-bond donors (Lipinski definition) is 0. The molecule has 0 atom stereocenters. The molecular weight excluding hydrogens is 648 g/mol. The Morgan fingerprint density at radius 1 is 0.412 bits per heavy atom. The summed E-state index contributed by atoms with van der Waals surface area (Å²) in [5, 5.41) is 0. The van der Waals surface area contributed by atoms with Crippen molar-refractivity contribution in [2.45, 2.75) is 13.2 Å². The van der Waals surface area contributed by atoms with Gasteiger partial charge in [-0.1, -0.05) is 60.7 Å². The lowest BCUT2D eigenvalue weighted by molar-refractivity contribution is -0.105. The smallest absolute Gasteiger partial charge is 0.225 e. The molecule has 0 unspecified atom stereocenters. The first-order valence-electron chi connectivity index (χ1n) is 15.6. The summed E-state index contributed by atoms with van der Waals surface area (Å²) in [7, 11) is 0. The van der Waals surface area contributed by atoms with Gasteiger partial charge >= 0.3 is 0 Å². The Labute approximate surface area is 294 Å². The highest BCUT2D eigenvalue weighted by Crippen LogP contribution is 2.24. The molecule has 256 valence electrons. The zero-order chi connectivity index (χ0) is 35.0. The molecule has 0 aliphatic heterocycles. The number of ether oxygens (including phenoxy) is 4. The fraction of sp³-hybridized carbons (Fsp3) is 0.0476. The van der Waals surface area contributed by atoms with Crippen LogP contribution >= 0.6 is 0 Å². The van der Waals surface area contributed by atoms with Crippen LogP contribution in [0.1, 0.15) is 31.8 Å². The molecule has 6 aromatic rings. The van der Waals surface area contributed by atoms with Gasteiger partial charge in [0.1, 0.15) is 47.7 Å².